The Morgan fingerprint density at radius 1 is 1.32 bits per heavy atom. The summed E-state index contributed by atoms with van der Waals surface area (Å²) < 4.78 is 1.94. The minimum absolute atomic E-state index is 0.929. The molecule has 0 bridgehead atoms. The Morgan fingerprint density at radius 3 is 2.95 bits per heavy atom. The number of aryl methyl sites for hydroxylation is 1. The molecule has 1 aliphatic heterocycles. The third kappa shape index (κ3) is 2.36. The summed E-state index contributed by atoms with van der Waals surface area (Å²) in [5.41, 5.74) is 5.27. The van der Waals surface area contributed by atoms with Crippen LogP contribution in [0, 0.1) is 6.92 Å². The molecule has 0 saturated carbocycles. The maximum atomic E-state index is 4.34. The molecule has 0 aliphatic carbocycles. The van der Waals surface area contributed by atoms with Gasteiger partial charge < -0.3 is 10.2 Å². The summed E-state index contributed by atoms with van der Waals surface area (Å²) in [6.07, 6.45) is 1.98. The molecule has 0 amide bonds. The molecule has 0 spiro atoms. The number of rotatable bonds is 2. The van der Waals surface area contributed by atoms with Gasteiger partial charge in [0, 0.05) is 50.2 Å². The highest BCUT2D eigenvalue weighted by atomic mass is 15.3. The zero-order valence-corrected chi connectivity index (χ0v) is 11.6. The van der Waals surface area contributed by atoms with E-state index in [0.717, 1.165) is 26.2 Å². The summed E-state index contributed by atoms with van der Waals surface area (Å²) in [6, 6.07) is 8.65. The third-order valence-electron chi connectivity index (χ3n) is 3.90. The number of nitrogens with one attached hydrogen (secondary N) is 1. The van der Waals surface area contributed by atoms with E-state index in [1.807, 2.05) is 17.9 Å². The van der Waals surface area contributed by atoms with Crippen molar-refractivity contribution in [2.75, 3.05) is 18.0 Å². The molecule has 1 aromatic heterocycles. The van der Waals surface area contributed by atoms with Crippen LogP contribution in [0.2, 0.25) is 0 Å². The molecule has 4 nitrogen and oxygen atoms in total. The van der Waals surface area contributed by atoms with E-state index in [1.54, 1.807) is 0 Å². The van der Waals surface area contributed by atoms with Crippen LogP contribution in [-0.4, -0.2) is 22.9 Å². The summed E-state index contributed by atoms with van der Waals surface area (Å²) in [7, 11) is 2.00. The predicted molar refractivity (Wildman–Crippen MR) is 77.1 cm³/mol. The van der Waals surface area contributed by atoms with E-state index >= 15 is 0 Å². The number of benzene rings is 1. The molecular weight excluding hydrogens is 236 g/mol. The van der Waals surface area contributed by atoms with E-state index in [2.05, 4.69) is 46.5 Å². The van der Waals surface area contributed by atoms with Gasteiger partial charge in [-0.3, -0.25) is 4.68 Å². The van der Waals surface area contributed by atoms with E-state index in [-0.39, 0.29) is 0 Å². The fourth-order valence-electron chi connectivity index (χ4n) is 2.60. The summed E-state index contributed by atoms with van der Waals surface area (Å²) in [4.78, 5) is 2.44. The molecule has 3 rings (SSSR count). The predicted octanol–water partition coefficient (Wildman–Crippen LogP) is 1.84. The monoisotopic (exact) mass is 256 g/mol. The van der Waals surface area contributed by atoms with Crippen LogP contribution in [0.3, 0.4) is 0 Å². The van der Waals surface area contributed by atoms with Gasteiger partial charge >= 0.3 is 0 Å². The largest absolute Gasteiger partial charge is 0.366 e. The van der Waals surface area contributed by atoms with Gasteiger partial charge in [-0.05, 0) is 18.6 Å². The van der Waals surface area contributed by atoms with Crippen LogP contribution in [-0.2, 0) is 20.1 Å². The number of para-hydroxylation sites is 1. The Labute approximate surface area is 114 Å². The fourth-order valence-corrected chi connectivity index (χ4v) is 2.60. The zero-order valence-electron chi connectivity index (χ0n) is 11.6. The molecule has 1 N–H and O–H groups in total. The molecule has 1 aliphatic rings. The van der Waals surface area contributed by atoms with E-state index in [0.29, 0.717) is 0 Å². The van der Waals surface area contributed by atoms with Crippen LogP contribution >= 0.6 is 0 Å². The zero-order chi connectivity index (χ0) is 13.2. The Hall–Kier alpha value is -1.81. The fraction of sp³-hybridized carbons (Fsp3) is 0.400. The van der Waals surface area contributed by atoms with Crippen molar-refractivity contribution >= 4 is 5.69 Å². The van der Waals surface area contributed by atoms with Crippen LogP contribution in [0.5, 0.6) is 0 Å². The molecule has 2 heterocycles. The van der Waals surface area contributed by atoms with Gasteiger partial charge in [0.2, 0.25) is 0 Å². The third-order valence-corrected chi connectivity index (χ3v) is 3.90. The summed E-state index contributed by atoms with van der Waals surface area (Å²) >= 11 is 0. The summed E-state index contributed by atoms with van der Waals surface area (Å²) in [6.45, 7) is 6.07. The average molecular weight is 256 g/mol. The van der Waals surface area contributed by atoms with Crippen LogP contribution in [0.25, 0.3) is 0 Å². The molecule has 0 saturated heterocycles. The van der Waals surface area contributed by atoms with E-state index in [1.165, 1.54) is 22.5 Å². The molecule has 1 aromatic carbocycles. The van der Waals surface area contributed by atoms with Gasteiger partial charge in [0.05, 0.1) is 6.20 Å². The number of hydrogen-bond acceptors (Lipinski definition) is 3. The lowest BCUT2D eigenvalue weighted by Gasteiger charge is -2.24. The summed E-state index contributed by atoms with van der Waals surface area (Å²) in [5.74, 6) is 0. The van der Waals surface area contributed by atoms with Gasteiger partial charge in [0.15, 0.2) is 0 Å². The van der Waals surface area contributed by atoms with Crippen molar-refractivity contribution in [1.82, 2.24) is 15.1 Å². The molecule has 2 aromatic rings. The Morgan fingerprint density at radius 2 is 2.16 bits per heavy atom. The lowest BCUT2D eigenvalue weighted by Crippen LogP contribution is -2.28. The van der Waals surface area contributed by atoms with Crippen LogP contribution in [0.15, 0.2) is 30.5 Å². The van der Waals surface area contributed by atoms with Gasteiger partial charge in [-0.1, -0.05) is 18.2 Å². The SMILES string of the molecule is Cc1c(CN2CCNCc3ccccc32)cnn1C. The Kier molecular flexibility index (Phi) is 3.25. The minimum atomic E-state index is 0.929. The molecule has 100 valence electrons. The van der Waals surface area contributed by atoms with Crippen molar-refractivity contribution in [1.29, 1.82) is 0 Å². The second-order valence-corrected chi connectivity index (χ2v) is 5.11. The van der Waals surface area contributed by atoms with Gasteiger partial charge in [-0.15, -0.1) is 0 Å². The first-order valence-corrected chi connectivity index (χ1v) is 6.77. The van der Waals surface area contributed by atoms with Gasteiger partial charge in [-0.2, -0.15) is 5.10 Å². The summed E-state index contributed by atoms with van der Waals surface area (Å²) in [5, 5.41) is 7.81. The maximum Gasteiger partial charge on any atom is 0.0542 e. The van der Waals surface area contributed by atoms with Gasteiger partial charge in [-0.25, -0.2) is 0 Å². The van der Waals surface area contributed by atoms with Crippen LogP contribution < -0.4 is 10.2 Å². The van der Waals surface area contributed by atoms with Crippen molar-refractivity contribution < 1.29 is 0 Å². The second-order valence-electron chi connectivity index (χ2n) is 5.11. The maximum absolute atomic E-state index is 4.34. The minimum Gasteiger partial charge on any atom is -0.366 e. The van der Waals surface area contributed by atoms with Crippen molar-refractivity contribution in [3.8, 4) is 0 Å². The normalized spacial score (nSPS) is 15.2. The molecular formula is C15H20N4. The van der Waals surface area contributed by atoms with Crippen molar-refractivity contribution in [3.63, 3.8) is 0 Å². The van der Waals surface area contributed by atoms with E-state index in [4.69, 9.17) is 0 Å². The quantitative estimate of drug-likeness (QED) is 0.890. The van der Waals surface area contributed by atoms with E-state index < -0.39 is 0 Å². The number of hydrogen-bond donors (Lipinski definition) is 1. The van der Waals surface area contributed by atoms with Gasteiger partial charge in [0.25, 0.3) is 0 Å². The number of anilines is 1. The average Bonchev–Trinajstić information content (AvgIpc) is 2.65. The molecule has 4 heteroatoms. The number of aromatic nitrogens is 2. The molecule has 0 radical (unpaired) electrons. The lowest BCUT2D eigenvalue weighted by molar-refractivity contribution is 0.686. The smallest absolute Gasteiger partial charge is 0.0542 e. The van der Waals surface area contributed by atoms with E-state index in [9.17, 15) is 0 Å². The van der Waals surface area contributed by atoms with Crippen molar-refractivity contribution in [3.05, 3.63) is 47.3 Å². The van der Waals surface area contributed by atoms with Crippen molar-refractivity contribution in [2.45, 2.75) is 20.0 Å². The Balaban J connectivity index is 1.90. The first-order valence-electron chi connectivity index (χ1n) is 6.77. The Bertz CT molecular complexity index is 573. The number of nitrogens with zero attached hydrogens (tertiary/aromatic N) is 3. The highest BCUT2D eigenvalue weighted by molar-refractivity contribution is 5.54. The highest BCUT2D eigenvalue weighted by Gasteiger charge is 2.16. The van der Waals surface area contributed by atoms with Crippen LogP contribution in [0.4, 0.5) is 5.69 Å². The first-order chi connectivity index (χ1) is 9.25. The van der Waals surface area contributed by atoms with Gasteiger partial charge in [0.1, 0.15) is 0 Å². The standard InChI is InChI=1S/C15H20N4/c1-12-14(10-17-18(12)2)11-19-8-7-16-9-13-5-3-4-6-15(13)19/h3-6,10,16H,7-9,11H2,1-2H3. The topological polar surface area (TPSA) is 33.1 Å². The molecule has 0 unspecified atom stereocenters. The molecule has 19 heavy (non-hydrogen) atoms. The molecule has 0 atom stereocenters. The van der Waals surface area contributed by atoms with Crippen molar-refractivity contribution in [2.24, 2.45) is 7.05 Å². The lowest BCUT2D eigenvalue weighted by atomic mass is 10.1. The highest BCUT2D eigenvalue weighted by Crippen LogP contribution is 2.24. The first kappa shape index (κ1) is 12.2. The number of fused-ring (bicyclic) bond motifs is 1. The second kappa shape index (κ2) is 5.05. The van der Waals surface area contributed by atoms with Crippen LogP contribution in [0.1, 0.15) is 16.8 Å². The molecule has 0 fully saturated rings.